The molecule has 0 spiro atoms. The number of nitrogens with zero attached hydrogens (tertiary/aromatic N) is 2. The summed E-state index contributed by atoms with van der Waals surface area (Å²) in [5.41, 5.74) is 2.61. The van der Waals surface area contributed by atoms with Gasteiger partial charge >= 0.3 is 0 Å². The average molecular weight is 529 g/mol. The van der Waals surface area contributed by atoms with Crippen molar-refractivity contribution >= 4 is 34.8 Å². The van der Waals surface area contributed by atoms with Gasteiger partial charge in [0.1, 0.15) is 11.2 Å². The van der Waals surface area contributed by atoms with Crippen LogP contribution in [-0.4, -0.2) is 47.4 Å². The molecule has 0 radical (unpaired) electrons. The number of hydrogen-bond donors (Lipinski definition) is 0. The molecule has 4 rings (SSSR count). The monoisotopic (exact) mass is 528 g/mol. The van der Waals surface area contributed by atoms with E-state index in [4.69, 9.17) is 16.3 Å². The van der Waals surface area contributed by atoms with Crippen LogP contribution in [0.25, 0.3) is 0 Å². The molecule has 2 amide bonds. The van der Waals surface area contributed by atoms with Crippen LogP contribution in [0.2, 0.25) is 0 Å². The van der Waals surface area contributed by atoms with Crippen molar-refractivity contribution in [3.63, 3.8) is 0 Å². The summed E-state index contributed by atoms with van der Waals surface area (Å²) in [4.78, 5) is 31.5. The third-order valence-corrected chi connectivity index (χ3v) is 7.78. The topological polar surface area (TPSA) is 49.9 Å². The number of aryl methyl sites for hydroxylation is 1. The molecule has 1 fully saturated rings. The molecule has 1 aliphatic heterocycles. The minimum Gasteiger partial charge on any atom is -0.376 e. The average Bonchev–Trinajstić information content (AvgIpc) is 3.55. The second kappa shape index (κ2) is 12.5. The van der Waals surface area contributed by atoms with E-state index >= 15 is 0 Å². The number of ether oxygens (including phenoxy) is 1. The maximum Gasteiger partial charge on any atom is 0.245 e. The summed E-state index contributed by atoms with van der Waals surface area (Å²) in [5, 5.41) is 1.10. The van der Waals surface area contributed by atoms with Gasteiger partial charge in [-0.2, -0.15) is 0 Å². The van der Waals surface area contributed by atoms with Gasteiger partial charge in [0.15, 0.2) is 0 Å². The predicted octanol–water partition coefficient (Wildman–Crippen LogP) is 5.71. The smallest absolute Gasteiger partial charge is 0.245 e. The van der Waals surface area contributed by atoms with E-state index in [1.54, 1.807) is 28.4 Å². The van der Waals surface area contributed by atoms with Gasteiger partial charge in [-0.25, -0.2) is 4.39 Å². The van der Waals surface area contributed by atoms with Gasteiger partial charge in [-0.1, -0.05) is 42.5 Å². The molecule has 0 saturated carbocycles. The van der Waals surface area contributed by atoms with Crippen LogP contribution in [-0.2, 0) is 27.4 Å². The molecule has 3 aromatic rings. The summed E-state index contributed by atoms with van der Waals surface area (Å²) in [5.74, 6) is -0.843. The first-order chi connectivity index (χ1) is 17.4. The van der Waals surface area contributed by atoms with E-state index in [-0.39, 0.29) is 30.3 Å². The Hall–Kier alpha value is -2.74. The van der Waals surface area contributed by atoms with Gasteiger partial charge in [0.05, 0.1) is 19.2 Å². The van der Waals surface area contributed by atoms with E-state index in [1.165, 1.54) is 17.0 Å². The summed E-state index contributed by atoms with van der Waals surface area (Å²) < 4.78 is 19.2. The van der Waals surface area contributed by atoms with Crippen LogP contribution in [0.4, 0.5) is 4.39 Å². The molecule has 36 heavy (non-hydrogen) atoms. The Balaban J connectivity index is 1.55. The van der Waals surface area contributed by atoms with E-state index < -0.39 is 5.38 Å². The van der Waals surface area contributed by atoms with E-state index in [0.717, 1.165) is 28.8 Å². The van der Waals surface area contributed by atoms with Crippen molar-refractivity contribution in [3.8, 4) is 0 Å². The van der Waals surface area contributed by atoms with Crippen molar-refractivity contribution in [2.75, 3.05) is 19.7 Å². The standard InChI is InChI=1S/C28H30ClFN2O3S/c1-20-13-15-36-25(20)18-31(16-21-9-11-23(30)12-10-21)26(33)19-32(17-24-8-5-14-35-24)28(34)27(29)22-6-3-2-4-7-22/h2-4,6-7,9-13,15,24,27H,5,8,14,16-19H2,1H3. The van der Waals surface area contributed by atoms with Gasteiger partial charge in [0.2, 0.25) is 11.8 Å². The van der Waals surface area contributed by atoms with Gasteiger partial charge in [-0.15, -0.1) is 22.9 Å². The van der Waals surface area contributed by atoms with Gasteiger partial charge in [0, 0.05) is 24.6 Å². The fraction of sp³-hybridized carbons (Fsp3) is 0.357. The molecular formula is C28H30ClFN2O3S. The van der Waals surface area contributed by atoms with Crippen LogP contribution >= 0.6 is 22.9 Å². The van der Waals surface area contributed by atoms with Crippen molar-refractivity contribution in [1.29, 1.82) is 0 Å². The number of carbonyl (C=O) groups is 2. The number of carbonyl (C=O) groups excluding carboxylic acids is 2. The molecule has 2 aromatic carbocycles. The van der Waals surface area contributed by atoms with E-state index in [1.807, 2.05) is 48.7 Å². The van der Waals surface area contributed by atoms with E-state index in [2.05, 4.69) is 0 Å². The second-order valence-electron chi connectivity index (χ2n) is 9.03. The number of halogens is 2. The van der Waals surface area contributed by atoms with E-state index in [0.29, 0.717) is 31.8 Å². The van der Waals surface area contributed by atoms with Crippen molar-refractivity contribution in [3.05, 3.63) is 93.4 Å². The molecule has 2 atom stereocenters. The Bertz CT molecular complexity index is 1150. The molecule has 1 aromatic heterocycles. The molecule has 1 aliphatic rings. The highest BCUT2D eigenvalue weighted by Crippen LogP contribution is 2.25. The summed E-state index contributed by atoms with van der Waals surface area (Å²) in [6, 6.07) is 17.3. The molecule has 0 bridgehead atoms. The lowest BCUT2D eigenvalue weighted by Crippen LogP contribution is -2.46. The Morgan fingerprint density at radius 1 is 1.08 bits per heavy atom. The number of rotatable bonds is 10. The quantitative estimate of drug-likeness (QED) is 0.317. The van der Waals surface area contributed by atoms with Crippen LogP contribution in [0, 0.1) is 12.7 Å². The first-order valence-electron chi connectivity index (χ1n) is 12.1. The highest BCUT2D eigenvalue weighted by molar-refractivity contribution is 7.10. The Labute approximate surface area is 220 Å². The largest absolute Gasteiger partial charge is 0.376 e. The maximum absolute atomic E-state index is 13.7. The molecular weight excluding hydrogens is 499 g/mol. The third kappa shape index (κ3) is 6.93. The van der Waals surface area contributed by atoms with E-state index in [9.17, 15) is 14.0 Å². The van der Waals surface area contributed by atoms with Crippen molar-refractivity contribution in [2.45, 2.75) is 44.3 Å². The predicted molar refractivity (Wildman–Crippen MR) is 140 cm³/mol. The zero-order valence-corrected chi connectivity index (χ0v) is 21.8. The zero-order valence-electron chi connectivity index (χ0n) is 20.2. The van der Waals surface area contributed by atoms with Crippen molar-refractivity contribution in [2.24, 2.45) is 0 Å². The SMILES string of the molecule is Cc1ccsc1CN(Cc1ccc(F)cc1)C(=O)CN(CC1CCCO1)C(=O)C(Cl)c1ccccc1. The lowest BCUT2D eigenvalue weighted by molar-refractivity contribution is -0.142. The molecule has 8 heteroatoms. The summed E-state index contributed by atoms with van der Waals surface area (Å²) >= 11 is 8.18. The summed E-state index contributed by atoms with van der Waals surface area (Å²) in [7, 11) is 0. The lowest BCUT2D eigenvalue weighted by Gasteiger charge is -2.30. The summed E-state index contributed by atoms with van der Waals surface area (Å²) in [6.45, 7) is 3.57. The van der Waals surface area contributed by atoms with Crippen molar-refractivity contribution < 1.29 is 18.7 Å². The normalized spacial score (nSPS) is 16.0. The van der Waals surface area contributed by atoms with Crippen LogP contribution in [0.15, 0.2) is 66.0 Å². The molecule has 190 valence electrons. The third-order valence-electron chi connectivity index (χ3n) is 6.34. The Morgan fingerprint density at radius 2 is 1.83 bits per heavy atom. The van der Waals surface area contributed by atoms with Crippen LogP contribution in [0.5, 0.6) is 0 Å². The Kier molecular flexibility index (Phi) is 9.13. The highest BCUT2D eigenvalue weighted by atomic mass is 35.5. The van der Waals surface area contributed by atoms with Crippen molar-refractivity contribution in [1.82, 2.24) is 9.80 Å². The summed E-state index contributed by atoms with van der Waals surface area (Å²) in [6.07, 6.45) is 1.65. The minimum absolute atomic E-state index is 0.111. The Morgan fingerprint density at radius 3 is 2.47 bits per heavy atom. The minimum atomic E-state index is -0.898. The molecule has 0 aliphatic carbocycles. The fourth-order valence-corrected chi connectivity index (χ4v) is 5.44. The number of alkyl halides is 1. The number of amides is 2. The van der Waals surface area contributed by atoms with Gasteiger partial charge < -0.3 is 14.5 Å². The first kappa shape index (κ1) is 26.3. The van der Waals surface area contributed by atoms with Crippen LogP contribution in [0.3, 0.4) is 0 Å². The number of hydrogen-bond acceptors (Lipinski definition) is 4. The molecule has 2 unspecified atom stereocenters. The van der Waals surface area contributed by atoms with Gasteiger partial charge in [0.25, 0.3) is 0 Å². The van der Waals surface area contributed by atoms with Crippen LogP contribution in [0.1, 0.15) is 39.8 Å². The number of benzene rings is 2. The van der Waals surface area contributed by atoms with Crippen LogP contribution < -0.4 is 0 Å². The molecule has 2 heterocycles. The first-order valence-corrected chi connectivity index (χ1v) is 13.4. The maximum atomic E-state index is 13.7. The molecule has 1 saturated heterocycles. The highest BCUT2D eigenvalue weighted by Gasteiger charge is 2.30. The number of thiophene rings is 1. The fourth-order valence-electron chi connectivity index (χ4n) is 4.24. The van der Waals surface area contributed by atoms with Gasteiger partial charge in [-0.3, -0.25) is 9.59 Å². The lowest BCUT2D eigenvalue weighted by atomic mass is 10.1. The van der Waals surface area contributed by atoms with Gasteiger partial charge in [-0.05, 0) is 60.0 Å². The zero-order chi connectivity index (χ0) is 25.5. The second-order valence-corrected chi connectivity index (χ2v) is 10.5. The molecule has 5 nitrogen and oxygen atoms in total. The molecule has 0 N–H and O–H groups in total.